The Balaban J connectivity index is 2.91. The van der Waals surface area contributed by atoms with E-state index < -0.39 is 6.10 Å². The Bertz CT molecular complexity index is 394. The highest BCUT2D eigenvalue weighted by Crippen LogP contribution is 2.37. The average molecular weight is 291 g/mol. The smallest absolute Gasteiger partial charge is 0.138 e. The van der Waals surface area contributed by atoms with Crippen LogP contribution in [0.4, 0.5) is 0 Å². The van der Waals surface area contributed by atoms with Crippen LogP contribution in [0.3, 0.4) is 0 Å². The van der Waals surface area contributed by atoms with E-state index >= 15 is 0 Å². The maximum Gasteiger partial charge on any atom is 0.138 e. The summed E-state index contributed by atoms with van der Waals surface area (Å²) in [6.45, 7) is 4.16. The van der Waals surface area contributed by atoms with Crippen LogP contribution in [-0.4, -0.2) is 12.2 Å². The summed E-state index contributed by atoms with van der Waals surface area (Å²) < 4.78 is 5.09. The minimum atomic E-state index is -0.590. The lowest BCUT2D eigenvalue weighted by molar-refractivity contribution is 0.111. The largest absolute Gasteiger partial charge is 0.495 e. The van der Waals surface area contributed by atoms with Gasteiger partial charge in [0.2, 0.25) is 0 Å². The summed E-state index contributed by atoms with van der Waals surface area (Å²) in [5, 5.41) is 11.3. The molecule has 1 rings (SSSR count). The van der Waals surface area contributed by atoms with Gasteiger partial charge >= 0.3 is 0 Å². The molecule has 0 amide bonds. The van der Waals surface area contributed by atoms with Crippen LogP contribution >= 0.6 is 23.2 Å². The number of unbranched alkanes of at least 4 members (excludes halogenated alkanes) is 1. The van der Waals surface area contributed by atoms with Crippen molar-refractivity contribution in [1.82, 2.24) is 0 Å². The first kappa shape index (κ1) is 15.6. The van der Waals surface area contributed by atoms with E-state index in [9.17, 15) is 5.11 Å². The molecule has 1 N–H and O–H groups in total. The Hall–Kier alpha value is -0.440. The molecule has 4 heteroatoms. The summed E-state index contributed by atoms with van der Waals surface area (Å²) in [6.07, 6.45) is 2.60. The number of halogens is 2. The van der Waals surface area contributed by atoms with Gasteiger partial charge in [0.15, 0.2) is 0 Å². The van der Waals surface area contributed by atoms with Gasteiger partial charge in [-0.25, -0.2) is 0 Å². The lowest BCUT2D eigenvalue weighted by Crippen LogP contribution is -2.10. The second kappa shape index (κ2) is 7.22. The van der Waals surface area contributed by atoms with Crippen LogP contribution in [0.1, 0.15) is 44.8 Å². The third kappa shape index (κ3) is 3.78. The Morgan fingerprint density at radius 2 is 1.94 bits per heavy atom. The van der Waals surface area contributed by atoms with Gasteiger partial charge in [0.25, 0.3) is 0 Å². The van der Waals surface area contributed by atoms with Gasteiger partial charge in [-0.1, -0.05) is 49.9 Å². The highest BCUT2D eigenvalue weighted by molar-refractivity contribution is 6.34. The molecule has 0 aromatic heterocycles. The summed E-state index contributed by atoms with van der Waals surface area (Å²) in [5.74, 6) is 0.686. The van der Waals surface area contributed by atoms with Crippen molar-refractivity contribution < 1.29 is 9.84 Å². The molecule has 1 aromatic rings. The van der Waals surface area contributed by atoms with Gasteiger partial charge in [0.1, 0.15) is 5.75 Å². The topological polar surface area (TPSA) is 29.5 Å². The first-order valence-corrected chi connectivity index (χ1v) is 6.97. The zero-order valence-corrected chi connectivity index (χ0v) is 12.6. The van der Waals surface area contributed by atoms with Crippen LogP contribution in [0.5, 0.6) is 5.75 Å². The second-order valence-electron chi connectivity index (χ2n) is 4.57. The maximum atomic E-state index is 10.3. The Labute approximate surface area is 119 Å². The highest BCUT2D eigenvalue weighted by atomic mass is 35.5. The molecule has 0 spiro atoms. The fourth-order valence-corrected chi connectivity index (χ4v) is 2.43. The van der Waals surface area contributed by atoms with Crippen LogP contribution in [0, 0.1) is 5.92 Å². The molecule has 0 fully saturated rings. The van der Waals surface area contributed by atoms with Crippen LogP contribution in [0.2, 0.25) is 10.0 Å². The van der Waals surface area contributed by atoms with E-state index in [-0.39, 0.29) is 5.92 Å². The molecule has 0 aliphatic heterocycles. The Morgan fingerprint density at radius 1 is 1.28 bits per heavy atom. The molecule has 1 aromatic carbocycles. The first-order valence-electron chi connectivity index (χ1n) is 6.22. The lowest BCUT2D eigenvalue weighted by atomic mass is 9.93. The molecular formula is C14H20Cl2O2. The summed E-state index contributed by atoms with van der Waals surface area (Å²) in [4.78, 5) is 0. The molecule has 0 saturated carbocycles. The molecule has 2 unspecified atom stereocenters. The van der Waals surface area contributed by atoms with Crippen LogP contribution in [0.15, 0.2) is 12.1 Å². The van der Waals surface area contributed by atoms with Crippen molar-refractivity contribution in [3.05, 3.63) is 27.7 Å². The van der Waals surface area contributed by atoms with Crippen molar-refractivity contribution in [2.75, 3.05) is 7.11 Å². The minimum absolute atomic E-state index is 0.159. The fraction of sp³-hybridized carbons (Fsp3) is 0.571. The number of aliphatic hydroxyl groups is 1. The summed E-state index contributed by atoms with van der Waals surface area (Å²) >= 11 is 12.2. The number of benzene rings is 1. The number of methoxy groups -OCH3 is 1. The maximum absolute atomic E-state index is 10.3. The van der Waals surface area contributed by atoms with E-state index in [1.54, 1.807) is 12.1 Å². The second-order valence-corrected chi connectivity index (χ2v) is 5.39. The lowest BCUT2D eigenvalue weighted by Gasteiger charge is -2.21. The summed E-state index contributed by atoms with van der Waals surface area (Å²) in [5.41, 5.74) is 0.672. The third-order valence-corrected chi connectivity index (χ3v) is 3.76. The first-order chi connectivity index (χ1) is 8.51. The van der Waals surface area contributed by atoms with Gasteiger partial charge in [-0.2, -0.15) is 0 Å². The molecule has 18 heavy (non-hydrogen) atoms. The predicted octanol–water partition coefficient (Wildman–Crippen LogP) is 4.86. The molecule has 2 nitrogen and oxygen atoms in total. The molecular weight excluding hydrogens is 271 g/mol. The minimum Gasteiger partial charge on any atom is -0.495 e. The van der Waals surface area contributed by atoms with E-state index in [0.717, 1.165) is 19.3 Å². The molecule has 0 bridgehead atoms. The van der Waals surface area contributed by atoms with Crippen molar-refractivity contribution >= 4 is 23.2 Å². The van der Waals surface area contributed by atoms with Crippen molar-refractivity contribution in [3.63, 3.8) is 0 Å². The van der Waals surface area contributed by atoms with Gasteiger partial charge in [-0.15, -0.1) is 0 Å². The van der Waals surface area contributed by atoms with Crippen LogP contribution < -0.4 is 4.74 Å². The molecule has 102 valence electrons. The number of rotatable bonds is 6. The molecule has 0 saturated heterocycles. The average Bonchev–Trinajstić information content (AvgIpc) is 2.37. The number of hydrogen-bond donors (Lipinski definition) is 1. The quantitative estimate of drug-likeness (QED) is 0.811. The van der Waals surface area contributed by atoms with Crippen molar-refractivity contribution in [3.8, 4) is 5.75 Å². The Kier molecular flexibility index (Phi) is 6.27. The van der Waals surface area contributed by atoms with Crippen molar-refractivity contribution in [1.29, 1.82) is 0 Å². The van der Waals surface area contributed by atoms with Gasteiger partial charge < -0.3 is 9.84 Å². The fourth-order valence-electron chi connectivity index (χ4n) is 1.92. The van der Waals surface area contributed by atoms with Crippen molar-refractivity contribution in [2.45, 2.75) is 39.2 Å². The van der Waals surface area contributed by atoms with Crippen LogP contribution in [-0.2, 0) is 0 Å². The summed E-state index contributed by atoms with van der Waals surface area (Å²) in [7, 11) is 1.54. The van der Waals surface area contributed by atoms with Gasteiger partial charge in [-0.05, 0) is 18.4 Å². The van der Waals surface area contributed by atoms with E-state index in [4.69, 9.17) is 27.9 Å². The standard InChI is InChI=1S/C14H20Cl2O2/c1-4-5-6-9(2)14(17)10-7-12(16)13(18-3)8-11(10)15/h7-9,14,17H,4-6H2,1-3H3. The normalized spacial score (nSPS) is 14.3. The van der Waals surface area contributed by atoms with Crippen molar-refractivity contribution in [2.24, 2.45) is 5.92 Å². The number of aliphatic hydroxyl groups excluding tert-OH is 1. The Morgan fingerprint density at radius 3 is 2.50 bits per heavy atom. The molecule has 2 atom stereocenters. The molecule has 0 aliphatic rings. The van der Waals surface area contributed by atoms with Crippen LogP contribution in [0.25, 0.3) is 0 Å². The molecule has 0 aliphatic carbocycles. The van der Waals surface area contributed by atoms with Gasteiger partial charge in [0.05, 0.1) is 23.3 Å². The van der Waals surface area contributed by atoms with E-state index in [2.05, 4.69) is 6.92 Å². The highest BCUT2D eigenvalue weighted by Gasteiger charge is 2.20. The monoisotopic (exact) mass is 290 g/mol. The van der Waals surface area contributed by atoms with E-state index in [1.807, 2.05) is 6.92 Å². The van der Waals surface area contributed by atoms with Gasteiger partial charge in [-0.3, -0.25) is 0 Å². The summed E-state index contributed by atoms with van der Waals surface area (Å²) in [6, 6.07) is 3.34. The number of hydrogen-bond acceptors (Lipinski definition) is 2. The molecule has 0 heterocycles. The van der Waals surface area contributed by atoms with Gasteiger partial charge in [0, 0.05) is 11.6 Å². The molecule has 0 radical (unpaired) electrons. The zero-order chi connectivity index (χ0) is 13.7. The predicted molar refractivity (Wildman–Crippen MR) is 76.7 cm³/mol. The van der Waals surface area contributed by atoms with E-state index in [1.165, 1.54) is 7.11 Å². The zero-order valence-electron chi connectivity index (χ0n) is 11.0. The number of ether oxygens (including phenoxy) is 1. The SMILES string of the molecule is CCCCC(C)C(O)c1cc(Cl)c(OC)cc1Cl. The third-order valence-electron chi connectivity index (χ3n) is 3.14. The van der Waals surface area contributed by atoms with E-state index in [0.29, 0.717) is 21.4 Å².